The average Bonchev–Trinajstić information content (AvgIpc) is 3.21. The van der Waals surface area contributed by atoms with E-state index in [2.05, 4.69) is 80.2 Å². The van der Waals surface area contributed by atoms with Gasteiger partial charge in [0.1, 0.15) is 11.8 Å². The minimum atomic E-state index is 0. The molecule has 0 unspecified atom stereocenters. The van der Waals surface area contributed by atoms with Crippen LogP contribution in [0.25, 0.3) is 11.2 Å². The maximum Gasteiger partial charge on any atom is 0.182 e. The highest BCUT2D eigenvalue weighted by Crippen LogP contribution is 2.37. The van der Waals surface area contributed by atoms with E-state index in [0.29, 0.717) is 17.0 Å². The fourth-order valence-corrected chi connectivity index (χ4v) is 4.12. The van der Waals surface area contributed by atoms with Gasteiger partial charge in [-0.3, -0.25) is 0 Å². The van der Waals surface area contributed by atoms with E-state index in [1.807, 2.05) is 6.07 Å². The van der Waals surface area contributed by atoms with Gasteiger partial charge in [0.25, 0.3) is 0 Å². The number of halogens is 2. The van der Waals surface area contributed by atoms with Crippen molar-refractivity contribution in [1.29, 1.82) is 0 Å². The van der Waals surface area contributed by atoms with Gasteiger partial charge in [0.05, 0.1) is 6.33 Å². The second kappa shape index (κ2) is 11.3. The van der Waals surface area contributed by atoms with E-state index in [1.165, 1.54) is 35.2 Å². The van der Waals surface area contributed by atoms with Crippen LogP contribution in [0.2, 0.25) is 5.02 Å². The summed E-state index contributed by atoms with van der Waals surface area (Å²) in [5, 5.41) is 0.816. The minimum Gasteiger partial charge on any atom is -0.382 e. The Morgan fingerprint density at radius 2 is 1.79 bits per heavy atom. The molecule has 1 aliphatic rings. The number of aromatic amines is 1. The van der Waals surface area contributed by atoms with Crippen molar-refractivity contribution in [2.24, 2.45) is 0 Å². The lowest BCUT2D eigenvalue weighted by molar-refractivity contribution is 0.402. The fourth-order valence-electron chi connectivity index (χ4n) is 3.95. The molecule has 2 aromatic carbocycles. The van der Waals surface area contributed by atoms with Gasteiger partial charge in [0.15, 0.2) is 11.5 Å². The third kappa shape index (κ3) is 5.93. The molecule has 174 valence electrons. The summed E-state index contributed by atoms with van der Waals surface area (Å²) in [6, 6.07) is 15.1. The van der Waals surface area contributed by atoms with Crippen LogP contribution in [0.5, 0.6) is 0 Å². The first-order chi connectivity index (χ1) is 15.5. The van der Waals surface area contributed by atoms with Crippen molar-refractivity contribution in [2.45, 2.75) is 19.3 Å². The number of fused-ring (bicyclic) bond motifs is 3. The molecule has 0 bridgehead atoms. The number of aryl methyl sites for hydroxylation is 2. The number of nitrogen functional groups attached to an aromatic ring is 1. The highest BCUT2D eigenvalue weighted by Gasteiger charge is 2.20. The number of hydrogen-bond acceptors (Lipinski definition) is 6. The standard InChI is InChI=1S/C19H23ClN2.C5H5N5.ClH/c1-21(2)12-5-13-22-18-7-4-3-6-15(18)8-9-16-10-11-17(20)14-19(16)22;6-4-3-5(9-1-7-3)10-2-8-4;/h3-4,6-7,10-11,14H,5,8-9,12-13H2,1-2H3;1-2H,(H3,6,7,8,9,10);1H. The summed E-state index contributed by atoms with van der Waals surface area (Å²) >= 11 is 6.27. The molecule has 0 atom stereocenters. The number of H-pyrrole nitrogens is 1. The molecule has 0 amide bonds. The van der Waals surface area contributed by atoms with Gasteiger partial charge in [-0.1, -0.05) is 35.9 Å². The molecule has 3 N–H and O–H groups in total. The van der Waals surface area contributed by atoms with Crippen LogP contribution < -0.4 is 10.6 Å². The van der Waals surface area contributed by atoms with Gasteiger partial charge in [-0.2, -0.15) is 0 Å². The Kier molecular flexibility index (Phi) is 8.49. The Labute approximate surface area is 205 Å². The van der Waals surface area contributed by atoms with Crippen molar-refractivity contribution < 1.29 is 0 Å². The fraction of sp³-hybridized carbons (Fsp3) is 0.292. The Morgan fingerprint density at radius 1 is 1.03 bits per heavy atom. The quantitative estimate of drug-likeness (QED) is 0.427. The maximum absolute atomic E-state index is 6.27. The first kappa shape index (κ1) is 24.8. The van der Waals surface area contributed by atoms with Crippen molar-refractivity contribution in [3.05, 3.63) is 71.3 Å². The van der Waals surface area contributed by atoms with Crippen molar-refractivity contribution >= 4 is 52.4 Å². The number of nitrogens with two attached hydrogens (primary N) is 1. The third-order valence-electron chi connectivity index (χ3n) is 5.52. The van der Waals surface area contributed by atoms with Crippen LogP contribution in [0, 0.1) is 0 Å². The van der Waals surface area contributed by atoms with Crippen LogP contribution >= 0.6 is 24.0 Å². The number of nitrogens with one attached hydrogen (secondary N) is 1. The van der Waals surface area contributed by atoms with E-state index in [-0.39, 0.29) is 12.4 Å². The van der Waals surface area contributed by atoms with Crippen molar-refractivity contribution in [2.75, 3.05) is 37.8 Å². The largest absolute Gasteiger partial charge is 0.382 e. The molecule has 4 aromatic rings. The van der Waals surface area contributed by atoms with Gasteiger partial charge in [-0.05, 0) is 69.2 Å². The van der Waals surface area contributed by atoms with Crippen molar-refractivity contribution in [3.8, 4) is 0 Å². The van der Waals surface area contributed by atoms with E-state index in [1.54, 1.807) is 0 Å². The number of hydrogen-bond donors (Lipinski definition) is 2. The number of benzene rings is 2. The van der Waals surface area contributed by atoms with Gasteiger partial charge in [0, 0.05) is 22.9 Å². The van der Waals surface area contributed by atoms with Gasteiger partial charge >= 0.3 is 0 Å². The lowest BCUT2D eigenvalue weighted by atomic mass is 10.0. The van der Waals surface area contributed by atoms with Crippen molar-refractivity contribution in [3.63, 3.8) is 0 Å². The maximum atomic E-state index is 6.27. The van der Waals surface area contributed by atoms with Gasteiger partial charge in [-0.25, -0.2) is 15.0 Å². The average molecular weight is 486 g/mol. The number of aromatic nitrogens is 4. The second-order valence-electron chi connectivity index (χ2n) is 8.07. The molecule has 5 rings (SSSR count). The third-order valence-corrected chi connectivity index (χ3v) is 5.76. The van der Waals surface area contributed by atoms with Crippen LogP contribution in [-0.4, -0.2) is 52.0 Å². The van der Waals surface area contributed by atoms with Crippen LogP contribution in [0.3, 0.4) is 0 Å². The normalized spacial score (nSPS) is 12.3. The zero-order valence-electron chi connectivity index (χ0n) is 18.8. The van der Waals surface area contributed by atoms with Crippen LogP contribution in [0.4, 0.5) is 17.2 Å². The smallest absolute Gasteiger partial charge is 0.182 e. The van der Waals surface area contributed by atoms with E-state index in [0.717, 1.165) is 37.4 Å². The highest BCUT2D eigenvalue weighted by atomic mass is 35.5. The molecule has 0 aliphatic carbocycles. The SMILES string of the molecule is CN(C)CCCN1c2ccccc2CCc2ccc(Cl)cc21.Cl.Nc1ncnc2nc[nH]c12. The Hall–Kier alpha value is -2.87. The van der Waals surface area contributed by atoms with Crippen LogP contribution in [-0.2, 0) is 12.8 Å². The molecule has 33 heavy (non-hydrogen) atoms. The van der Waals surface area contributed by atoms with Gasteiger partial charge < -0.3 is 20.5 Å². The molecule has 7 nitrogen and oxygen atoms in total. The van der Waals surface area contributed by atoms with E-state index in [4.69, 9.17) is 17.3 Å². The Bertz CT molecular complexity index is 1190. The van der Waals surface area contributed by atoms with Gasteiger partial charge in [-0.15, -0.1) is 12.4 Å². The molecule has 0 saturated carbocycles. The first-order valence-electron chi connectivity index (χ1n) is 10.7. The molecular formula is C24H29Cl2N7. The molecule has 0 saturated heterocycles. The topological polar surface area (TPSA) is 87.0 Å². The van der Waals surface area contributed by atoms with Crippen LogP contribution in [0.1, 0.15) is 17.5 Å². The number of para-hydroxylation sites is 1. The summed E-state index contributed by atoms with van der Waals surface area (Å²) < 4.78 is 0. The van der Waals surface area contributed by atoms with Crippen molar-refractivity contribution in [1.82, 2.24) is 24.8 Å². The molecule has 2 aromatic heterocycles. The lowest BCUT2D eigenvalue weighted by Crippen LogP contribution is -2.24. The zero-order valence-corrected chi connectivity index (χ0v) is 20.4. The first-order valence-corrected chi connectivity index (χ1v) is 11.1. The summed E-state index contributed by atoms with van der Waals surface area (Å²) in [7, 11) is 4.25. The summed E-state index contributed by atoms with van der Waals surface area (Å²) in [5.74, 6) is 0.433. The van der Waals surface area contributed by atoms with Crippen LogP contribution in [0.15, 0.2) is 55.1 Å². The monoisotopic (exact) mass is 485 g/mol. The molecular weight excluding hydrogens is 457 g/mol. The lowest BCUT2D eigenvalue weighted by Gasteiger charge is -2.27. The molecule has 0 spiro atoms. The number of rotatable bonds is 4. The second-order valence-corrected chi connectivity index (χ2v) is 8.51. The molecule has 1 aliphatic heterocycles. The predicted molar refractivity (Wildman–Crippen MR) is 139 cm³/mol. The number of imidazole rings is 1. The summed E-state index contributed by atoms with van der Waals surface area (Å²) in [5.41, 5.74) is 12.2. The zero-order chi connectivity index (χ0) is 22.5. The predicted octanol–water partition coefficient (Wildman–Crippen LogP) is 4.89. The molecule has 0 fully saturated rings. The summed E-state index contributed by atoms with van der Waals surface area (Å²) in [6.07, 6.45) is 6.23. The number of anilines is 3. The summed E-state index contributed by atoms with van der Waals surface area (Å²) in [6.45, 7) is 2.11. The molecule has 3 heterocycles. The van der Waals surface area contributed by atoms with E-state index in [9.17, 15) is 0 Å². The number of nitrogens with zero attached hydrogens (tertiary/aromatic N) is 5. The Balaban J connectivity index is 0.000000233. The van der Waals surface area contributed by atoms with Gasteiger partial charge in [0.2, 0.25) is 0 Å². The molecule has 9 heteroatoms. The summed E-state index contributed by atoms with van der Waals surface area (Å²) in [4.78, 5) is 19.1. The van der Waals surface area contributed by atoms with E-state index < -0.39 is 0 Å². The minimum absolute atomic E-state index is 0. The molecule has 0 radical (unpaired) electrons. The highest BCUT2D eigenvalue weighted by molar-refractivity contribution is 6.30. The van der Waals surface area contributed by atoms with E-state index >= 15 is 0 Å². The Morgan fingerprint density at radius 3 is 2.55 bits per heavy atom.